The molecule has 0 saturated carbocycles. The van der Waals surface area contributed by atoms with E-state index < -0.39 is 0 Å². The quantitative estimate of drug-likeness (QED) is 0.859. The standard InChI is InChI=1S/C15H16BrNO2/c16-12-3-4-15-11(8-12)9-14(19-15)10-17-6-5-13-2-1-7-18-13/h1-4,7-8,14,17H,5-6,9-10H2. The molecular weight excluding hydrogens is 306 g/mol. The Kier molecular flexibility index (Phi) is 3.89. The monoisotopic (exact) mass is 321 g/mol. The fourth-order valence-electron chi connectivity index (χ4n) is 2.33. The number of halogens is 1. The first-order chi connectivity index (χ1) is 9.31. The molecule has 1 aliphatic rings. The number of hydrogen-bond acceptors (Lipinski definition) is 3. The summed E-state index contributed by atoms with van der Waals surface area (Å²) in [6.45, 7) is 1.78. The highest BCUT2D eigenvalue weighted by Gasteiger charge is 2.22. The van der Waals surface area contributed by atoms with Gasteiger partial charge in [0.1, 0.15) is 17.6 Å². The minimum absolute atomic E-state index is 0.237. The Labute approximate surface area is 121 Å². The third-order valence-corrected chi connectivity index (χ3v) is 3.76. The van der Waals surface area contributed by atoms with E-state index in [1.54, 1.807) is 6.26 Å². The van der Waals surface area contributed by atoms with E-state index >= 15 is 0 Å². The smallest absolute Gasteiger partial charge is 0.123 e. The highest BCUT2D eigenvalue weighted by atomic mass is 79.9. The van der Waals surface area contributed by atoms with Gasteiger partial charge >= 0.3 is 0 Å². The SMILES string of the molecule is Brc1ccc2c(c1)CC(CNCCc1ccco1)O2. The number of benzene rings is 1. The van der Waals surface area contributed by atoms with Crippen LogP contribution in [0, 0.1) is 0 Å². The van der Waals surface area contributed by atoms with Gasteiger partial charge in [-0.2, -0.15) is 0 Å². The molecule has 3 nitrogen and oxygen atoms in total. The molecule has 2 aromatic rings. The van der Waals surface area contributed by atoms with Crippen LogP contribution in [-0.2, 0) is 12.8 Å². The first kappa shape index (κ1) is 12.8. The minimum Gasteiger partial charge on any atom is -0.488 e. The van der Waals surface area contributed by atoms with Gasteiger partial charge in [0.2, 0.25) is 0 Å². The van der Waals surface area contributed by atoms with E-state index in [-0.39, 0.29) is 6.10 Å². The van der Waals surface area contributed by atoms with Crippen LogP contribution in [0.2, 0.25) is 0 Å². The van der Waals surface area contributed by atoms with E-state index in [1.165, 1.54) is 5.56 Å². The zero-order valence-corrected chi connectivity index (χ0v) is 12.2. The molecule has 1 aromatic heterocycles. The maximum absolute atomic E-state index is 5.89. The number of fused-ring (bicyclic) bond motifs is 1. The molecule has 0 fully saturated rings. The molecule has 19 heavy (non-hydrogen) atoms. The summed E-state index contributed by atoms with van der Waals surface area (Å²) in [4.78, 5) is 0. The Bertz CT molecular complexity index is 539. The van der Waals surface area contributed by atoms with Crippen LogP contribution < -0.4 is 10.1 Å². The van der Waals surface area contributed by atoms with E-state index in [0.717, 1.165) is 41.9 Å². The van der Waals surface area contributed by atoms with E-state index in [9.17, 15) is 0 Å². The lowest BCUT2D eigenvalue weighted by atomic mass is 10.1. The molecule has 0 saturated heterocycles. The predicted molar refractivity (Wildman–Crippen MR) is 77.5 cm³/mol. The molecule has 2 heterocycles. The van der Waals surface area contributed by atoms with E-state index in [4.69, 9.17) is 9.15 Å². The second kappa shape index (κ2) is 5.80. The summed E-state index contributed by atoms with van der Waals surface area (Å²) in [6.07, 6.45) is 3.84. The third kappa shape index (κ3) is 3.19. The van der Waals surface area contributed by atoms with Crippen LogP contribution in [0.4, 0.5) is 0 Å². The average molecular weight is 322 g/mol. The van der Waals surface area contributed by atoms with Crippen molar-refractivity contribution in [3.8, 4) is 5.75 Å². The van der Waals surface area contributed by atoms with E-state index in [1.807, 2.05) is 24.3 Å². The van der Waals surface area contributed by atoms with Crippen LogP contribution in [0.1, 0.15) is 11.3 Å². The van der Waals surface area contributed by atoms with E-state index in [2.05, 4.69) is 27.3 Å². The largest absolute Gasteiger partial charge is 0.488 e. The van der Waals surface area contributed by atoms with Crippen LogP contribution in [0.25, 0.3) is 0 Å². The second-order valence-electron chi connectivity index (χ2n) is 4.73. The molecule has 1 atom stereocenters. The van der Waals surface area contributed by atoms with E-state index in [0.29, 0.717) is 0 Å². The summed E-state index contributed by atoms with van der Waals surface area (Å²) in [5, 5.41) is 3.42. The lowest BCUT2D eigenvalue weighted by Gasteiger charge is -2.11. The highest BCUT2D eigenvalue weighted by molar-refractivity contribution is 9.10. The summed E-state index contributed by atoms with van der Waals surface area (Å²) < 4.78 is 12.3. The van der Waals surface area contributed by atoms with Gasteiger partial charge in [0.05, 0.1) is 6.26 Å². The zero-order chi connectivity index (χ0) is 13.1. The third-order valence-electron chi connectivity index (χ3n) is 3.26. The lowest BCUT2D eigenvalue weighted by Crippen LogP contribution is -2.31. The molecule has 0 aliphatic carbocycles. The fourth-order valence-corrected chi connectivity index (χ4v) is 2.74. The molecule has 0 spiro atoms. The second-order valence-corrected chi connectivity index (χ2v) is 5.65. The zero-order valence-electron chi connectivity index (χ0n) is 10.6. The van der Waals surface area contributed by atoms with Crippen molar-refractivity contribution in [3.63, 3.8) is 0 Å². The summed E-state index contributed by atoms with van der Waals surface area (Å²) in [5.74, 6) is 2.04. The Balaban J connectivity index is 1.43. The molecule has 4 heteroatoms. The Morgan fingerprint density at radius 2 is 2.26 bits per heavy atom. The Morgan fingerprint density at radius 3 is 3.11 bits per heavy atom. The molecule has 1 unspecified atom stereocenters. The maximum Gasteiger partial charge on any atom is 0.123 e. The predicted octanol–water partition coefficient (Wildman–Crippen LogP) is 3.18. The normalized spacial score (nSPS) is 17.2. The Hall–Kier alpha value is -1.26. The lowest BCUT2D eigenvalue weighted by molar-refractivity contribution is 0.228. The summed E-state index contributed by atoms with van der Waals surface area (Å²) in [5.41, 5.74) is 1.28. The van der Waals surface area contributed by atoms with Crippen LogP contribution in [0.3, 0.4) is 0 Å². The minimum atomic E-state index is 0.237. The number of rotatable bonds is 5. The number of nitrogens with one attached hydrogen (secondary N) is 1. The first-order valence-electron chi connectivity index (χ1n) is 6.49. The molecule has 0 bridgehead atoms. The summed E-state index contributed by atoms with van der Waals surface area (Å²) in [7, 11) is 0. The fraction of sp³-hybridized carbons (Fsp3) is 0.333. The molecule has 1 N–H and O–H groups in total. The van der Waals surface area contributed by atoms with Gasteiger partial charge in [-0.3, -0.25) is 0 Å². The molecule has 0 radical (unpaired) electrons. The van der Waals surface area contributed by atoms with Crippen LogP contribution in [0.15, 0.2) is 45.5 Å². The van der Waals surface area contributed by atoms with Gasteiger partial charge in [0.15, 0.2) is 0 Å². The van der Waals surface area contributed by atoms with Crippen LogP contribution in [0.5, 0.6) is 5.75 Å². The molecular formula is C15H16BrNO2. The first-order valence-corrected chi connectivity index (χ1v) is 7.29. The van der Waals surface area contributed by atoms with Gasteiger partial charge in [-0.05, 0) is 35.9 Å². The van der Waals surface area contributed by atoms with Crippen molar-refractivity contribution in [1.82, 2.24) is 5.32 Å². The van der Waals surface area contributed by atoms with Crippen molar-refractivity contribution in [1.29, 1.82) is 0 Å². The average Bonchev–Trinajstić information content (AvgIpc) is 3.02. The van der Waals surface area contributed by atoms with Crippen molar-refractivity contribution >= 4 is 15.9 Å². The summed E-state index contributed by atoms with van der Waals surface area (Å²) >= 11 is 3.49. The van der Waals surface area contributed by atoms with Crippen molar-refractivity contribution in [2.24, 2.45) is 0 Å². The molecule has 3 rings (SSSR count). The molecule has 1 aliphatic heterocycles. The molecule has 0 amide bonds. The maximum atomic E-state index is 5.89. The number of furan rings is 1. The topological polar surface area (TPSA) is 34.4 Å². The molecule has 1 aromatic carbocycles. The number of ether oxygens (including phenoxy) is 1. The van der Waals surface area contributed by atoms with Crippen molar-refractivity contribution < 1.29 is 9.15 Å². The number of hydrogen-bond donors (Lipinski definition) is 1. The van der Waals surface area contributed by atoms with Crippen molar-refractivity contribution in [2.75, 3.05) is 13.1 Å². The summed E-state index contributed by atoms with van der Waals surface area (Å²) in [6, 6.07) is 10.1. The Morgan fingerprint density at radius 1 is 1.32 bits per heavy atom. The highest BCUT2D eigenvalue weighted by Crippen LogP contribution is 2.30. The van der Waals surface area contributed by atoms with Gasteiger partial charge < -0.3 is 14.5 Å². The molecule has 100 valence electrons. The van der Waals surface area contributed by atoms with Crippen LogP contribution >= 0.6 is 15.9 Å². The van der Waals surface area contributed by atoms with Gasteiger partial charge in [-0.25, -0.2) is 0 Å². The van der Waals surface area contributed by atoms with Crippen molar-refractivity contribution in [2.45, 2.75) is 18.9 Å². The van der Waals surface area contributed by atoms with Gasteiger partial charge in [0, 0.05) is 30.4 Å². The van der Waals surface area contributed by atoms with Crippen LogP contribution in [-0.4, -0.2) is 19.2 Å². The van der Waals surface area contributed by atoms with Gasteiger partial charge in [-0.1, -0.05) is 15.9 Å². The van der Waals surface area contributed by atoms with Crippen molar-refractivity contribution in [3.05, 3.63) is 52.4 Å². The van der Waals surface area contributed by atoms with Gasteiger partial charge in [0.25, 0.3) is 0 Å². The van der Waals surface area contributed by atoms with Gasteiger partial charge in [-0.15, -0.1) is 0 Å².